The van der Waals surface area contributed by atoms with Crippen molar-refractivity contribution in [1.29, 1.82) is 0 Å². The average Bonchev–Trinajstić information content (AvgIpc) is 2.78. The Kier molecular flexibility index (Phi) is 4.24. The molecule has 5 nitrogen and oxygen atoms in total. The van der Waals surface area contributed by atoms with Crippen molar-refractivity contribution in [2.45, 2.75) is 28.2 Å². The lowest BCUT2D eigenvalue weighted by molar-refractivity contribution is 0.0702. The lowest BCUT2D eigenvalue weighted by atomic mass is 9.84. The summed E-state index contributed by atoms with van der Waals surface area (Å²) in [4.78, 5) is 10.8. The molecule has 1 aliphatic rings. The minimum Gasteiger partial charge on any atom is -0.477 e. The summed E-state index contributed by atoms with van der Waals surface area (Å²) in [5.41, 5.74) is 0. The summed E-state index contributed by atoms with van der Waals surface area (Å²) in [6, 6.07) is 2.65. The van der Waals surface area contributed by atoms with Gasteiger partial charge in [-0.3, -0.25) is 0 Å². The van der Waals surface area contributed by atoms with Crippen molar-refractivity contribution in [3.63, 3.8) is 0 Å². The van der Waals surface area contributed by atoms with E-state index in [-0.39, 0.29) is 13.8 Å². The fourth-order valence-electron chi connectivity index (χ4n) is 1.90. The van der Waals surface area contributed by atoms with Gasteiger partial charge < -0.3 is 5.11 Å². The van der Waals surface area contributed by atoms with Gasteiger partial charge >= 0.3 is 5.97 Å². The fraction of sp³-hybridized carbons (Fsp3) is 0.545. The molecule has 106 valence electrons. The van der Waals surface area contributed by atoms with Crippen LogP contribution >= 0.6 is 23.1 Å². The fourth-order valence-corrected chi connectivity index (χ4v) is 5.22. The predicted octanol–water partition coefficient (Wildman–Crippen LogP) is 2.01. The summed E-state index contributed by atoms with van der Waals surface area (Å²) in [6.07, 6.45) is 5.15. The number of sulfonamides is 1. The first kappa shape index (κ1) is 14.8. The normalized spacial score (nSPS) is 17.9. The second kappa shape index (κ2) is 5.43. The van der Waals surface area contributed by atoms with Gasteiger partial charge in [-0.15, -0.1) is 11.3 Å². The van der Waals surface area contributed by atoms with E-state index in [4.69, 9.17) is 5.11 Å². The molecule has 0 radical (unpaired) electrons. The number of hydrogen-bond donors (Lipinski definition) is 2. The molecule has 0 spiro atoms. The van der Waals surface area contributed by atoms with Crippen LogP contribution in [0.2, 0.25) is 0 Å². The van der Waals surface area contributed by atoms with E-state index in [1.165, 1.54) is 12.1 Å². The average molecular weight is 321 g/mol. The number of thioether (sulfide) groups is 1. The van der Waals surface area contributed by atoms with Crippen LogP contribution in [0, 0.1) is 0 Å². The second-order valence-corrected chi connectivity index (χ2v) is 8.84. The molecular formula is C11H15NO4S3. The van der Waals surface area contributed by atoms with E-state index in [0.29, 0.717) is 6.54 Å². The highest BCUT2D eigenvalue weighted by Crippen LogP contribution is 2.42. The zero-order chi connectivity index (χ0) is 14.1. The summed E-state index contributed by atoms with van der Waals surface area (Å²) in [7, 11) is -3.60. The molecule has 0 aromatic carbocycles. The molecule has 2 rings (SSSR count). The molecule has 1 heterocycles. The van der Waals surface area contributed by atoms with Crippen LogP contribution in [0.15, 0.2) is 16.3 Å². The molecule has 8 heteroatoms. The first-order valence-electron chi connectivity index (χ1n) is 5.76. The van der Waals surface area contributed by atoms with Crippen LogP contribution in [0.25, 0.3) is 0 Å². The van der Waals surface area contributed by atoms with Gasteiger partial charge in [0, 0.05) is 11.3 Å². The Morgan fingerprint density at radius 1 is 1.53 bits per heavy atom. The van der Waals surface area contributed by atoms with Gasteiger partial charge in [-0.2, -0.15) is 11.8 Å². The second-order valence-electron chi connectivity index (χ2n) is 4.49. The molecule has 2 N–H and O–H groups in total. The van der Waals surface area contributed by atoms with Crippen molar-refractivity contribution in [3.05, 3.63) is 17.0 Å². The first-order chi connectivity index (χ1) is 8.88. The highest BCUT2D eigenvalue weighted by Gasteiger charge is 2.37. The van der Waals surface area contributed by atoms with Gasteiger partial charge in [-0.05, 0) is 31.2 Å². The van der Waals surface area contributed by atoms with E-state index in [2.05, 4.69) is 4.72 Å². The Morgan fingerprint density at radius 2 is 2.21 bits per heavy atom. The molecular weight excluding hydrogens is 306 g/mol. The predicted molar refractivity (Wildman–Crippen MR) is 76.6 cm³/mol. The van der Waals surface area contributed by atoms with Crippen molar-refractivity contribution in [1.82, 2.24) is 4.72 Å². The molecule has 0 saturated heterocycles. The van der Waals surface area contributed by atoms with Gasteiger partial charge in [-0.1, -0.05) is 6.42 Å². The first-order valence-corrected chi connectivity index (χ1v) is 9.29. The quantitative estimate of drug-likeness (QED) is 0.837. The van der Waals surface area contributed by atoms with Crippen LogP contribution < -0.4 is 4.72 Å². The van der Waals surface area contributed by atoms with Crippen LogP contribution in [-0.4, -0.2) is 37.0 Å². The molecule has 0 atom stereocenters. The maximum Gasteiger partial charge on any atom is 0.345 e. The standard InChI is InChI=1S/C11H15NO4S3/c1-17-11(5-2-6-11)7-12-19(15,16)9-4-3-8(18-9)10(13)14/h3-4,12H,2,5-7H2,1H3,(H,13,14). The zero-order valence-corrected chi connectivity index (χ0v) is 12.8. The van der Waals surface area contributed by atoms with E-state index in [0.717, 1.165) is 30.6 Å². The van der Waals surface area contributed by atoms with Gasteiger partial charge in [0.1, 0.15) is 9.09 Å². The number of hydrogen-bond acceptors (Lipinski definition) is 5. The maximum atomic E-state index is 12.1. The highest BCUT2D eigenvalue weighted by atomic mass is 32.2. The Morgan fingerprint density at radius 3 is 2.63 bits per heavy atom. The SMILES string of the molecule is CSC1(CNS(=O)(=O)c2ccc(C(=O)O)s2)CCC1. The molecule has 1 aromatic heterocycles. The van der Waals surface area contributed by atoms with Gasteiger partial charge in [-0.25, -0.2) is 17.9 Å². The highest BCUT2D eigenvalue weighted by molar-refractivity contribution is 8.00. The van der Waals surface area contributed by atoms with E-state index in [1.807, 2.05) is 6.26 Å². The van der Waals surface area contributed by atoms with Crippen LogP contribution in [0.3, 0.4) is 0 Å². The summed E-state index contributed by atoms with van der Waals surface area (Å²) in [6.45, 7) is 0.400. The third kappa shape index (κ3) is 3.13. The van der Waals surface area contributed by atoms with Crippen LogP contribution in [-0.2, 0) is 10.0 Å². The minimum atomic E-state index is -3.60. The molecule has 0 amide bonds. The molecule has 0 unspecified atom stereocenters. The maximum absolute atomic E-state index is 12.1. The van der Waals surface area contributed by atoms with Crippen LogP contribution in [0.5, 0.6) is 0 Å². The smallest absolute Gasteiger partial charge is 0.345 e. The Labute approximate surface area is 120 Å². The van der Waals surface area contributed by atoms with Crippen molar-refractivity contribution < 1.29 is 18.3 Å². The van der Waals surface area contributed by atoms with E-state index >= 15 is 0 Å². The van der Waals surface area contributed by atoms with Gasteiger partial charge in [0.05, 0.1) is 0 Å². The van der Waals surface area contributed by atoms with Crippen molar-refractivity contribution in [3.8, 4) is 0 Å². The number of carboxylic acid groups (broad SMARTS) is 1. The number of rotatable bonds is 6. The zero-order valence-electron chi connectivity index (χ0n) is 10.4. The third-order valence-electron chi connectivity index (χ3n) is 3.34. The summed E-state index contributed by atoms with van der Waals surface area (Å²) < 4.78 is 26.8. The molecule has 1 fully saturated rings. The molecule has 0 aliphatic heterocycles. The number of carbonyl (C=O) groups is 1. The summed E-state index contributed by atoms with van der Waals surface area (Å²) >= 11 is 2.46. The monoisotopic (exact) mass is 321 g/mol. The molecule has 19 heavy (non-hydrogen) atoms. The summed E-state index contributed by atoms with van der Waals surface area (Å²) in [5, 5.41) is 8.80. The van der Waals surface area contributed by atoms with Gasteiger partial charge in [0.25, 0.3) is 0 Å². The minimum absolute atomic E-state index is 0.0138. The lowest BCUT2D eigenvalue weighted by Gasteiger charge is -2.40. The molecule has 1 aromatic rings. The third-order valence-corrected chi connectivity index (χ3v) is 7.72. The Bertz CT molecular complexity index is 569. The van der Waals surface area contributed by atoms with Crippen LogP contribution in [0.1, 0.15) is 28.9 Å². The van der Waals surface area contributed by atoms with Crippen LogP contribution in [0.4, 0.5) is 0 Å². The van der Waals surface area contributed by atoms with E-state index < -0.39 is 16.0 Å². The van der Waals surface area contributed by atoms with Crippen molar-refractivity contribution in [2.75, 3.05) is 12.8 Å². The van der Waals surface area contributed by atoms with E-state index in [9.17, 15) is 13.2 Å². The number of thiophene rings is 1. The molecule has 1 aliphatic carbocycles. The van der Waals surface area contributed by atoms with Gasteiger partial charge in [0.2, 0.25) is 10.0 Å². The number of aromatic carboxylic acids is 1. The molecule has 0 bridgehead atoms. The number of nitrogens with one attached hydrogen (secondary N) is 1. The Balaban J connectivity index is 2.07. The molecule has 1 saturated carbocycles. The van der Waals surface area contributed by atoms with Crippen molar-refractivity contribution >= 4 is 39.1 Å². The topological polar surface area (TPSA) is 83.5 Å². The summed E-state index contributed by atoms with van der Waals surface area (Å²) in [5.74, 6) is -1.11. The Hall–Kier alpha value is -0.570. The lowest BCUT2D eigenvalue weighted by Crippen LogP contribution is -2.45. The largest absolute Gasteiger partial charge is 0.477 e. The van der Waals surface area contributed by atoms with E-state index in [1.54, 1.807) is 11.8 Å². The van der Waals surface area contributed by atoms with Gasteiger partial charge in [0.15, 0.2) is 0 Å². The number of carboxylic acids is 1. The van der Waals surface area contributed by atoms with Crippen molar-refractivity contribution in [2.24, 2.45) is 0 Å².